The number of amides is 1. The first-order valence-corrected chi connectivity index (χ1v) is 9.01. The summed E-state index contributed by atoms with van der Waals surface area (Å²) in [6, 6.07) is 10.9. The highest BCUT2D eigenvalue weighted by Gasteiger charge is 2.33. The van der Waals surface area contributed by atoms with Crippen LogP contribution in [0.25, 0.3) is 5.65 Å². The van der Waals surface area contributed by atoms with Crippen molar-refractivity contribution >= 4 is 17.3 Å². The number of fused-ring (bicyclic) bond motifs is 1. The highest BCUT2D eigenvalue weighted by Crippen LogP contribution is 2.31. The Morgan fingerprint density at radius 3 is 2.70 bits per heavy atom. The van der Waals surface area contributed by atoms with Gasteiger partial charge in [-0.15, -0.1) is 10.2 Å². The molecule has 27 heavy (non-hydrogen) atoms. The van der Waals surface area contributed by atoms with Crippen LogP contribution in [-0.2, 0) is 4.79 Å². The highest BCUT2D eigenvalue weighted by molar-refractivity contribution is 5.97. The van der Waals surface area contributed by atoms with Crippen LogP contribution in [0.1, 0.15) is 47.9 Å². The number of aromatic nitrogens is 3. The van der Waals surface area contributed by atoms with Crippen LogP contribution in [0.2, 0.25) is 0 Å². The summed E-state index contributed by atoms with van der Waals surface area (Å²) < 4.78 is 14.9. The van der Waals surface area contributed by atoms with Crippen LogP contribution in [0, 0.1) is 5.82 Å². The zero-order valence-electron chi connectivity index (χ0n) is 14.7. The van der Waals surface area contributed by atoms with E-state index >= 15 is 0 Å². The number of Topliss-reactive ketones (excluding diaryl/α,β-unsaturated/α-hetero) is 1. The third-order valence-corrected chi connectivity index (χ3v) is 4.94. The van der Waals surface area contributed by atoms with Gasteiger partial charge in [-0.2, -0.15) is 0 Å². The van der Waals surface area contributed by atoms with Crippen LogP contribution in [0.15, 0.2) is 48.7 Å². The van der Waals surface area contributed by atoms with E-state index in [1.54, 1.807) is 4.90 Å². The monoisotopic (exact) mass is 366 g/mol. The van der Waals surface area contributed by atoms with Gasteiger partial charge in [0.2, 0.25) is 5.91 Å². The number of pyridine rings is 1. The fourth-order valence-corrected chi connectivity index (χ4v) is 3.56. The Morgan fingerprint density at radius 1 is 1.07 bits per heavy atom. The number of halogens is 1. The summed E-state index contributed by atoms with van der Waals surface area (Å²) in [5.74, 6) is 0.136. The van der Waals surface area contributed by atoms with Gasteiger partial charge in [0.1, 0.15) is 5.82 Å². The number of carbonyl (C=O) groups is 2. The van der Waals surface area contributed by atoms with E-state index in [4.69, 9.17) is 0 Å². The Balaban J connectivity index is 1.45. The van der Waals surface area contributed by atoms with Gasteiger partial charge in [-0.05, 0) is 49.2 Å². The molecule has 138 valence electrons. The van der Waals surface area contributed by atoms with E-state index in [9.17, 15) is 14.0 Å². The van der Waals surface area contributed by atoms with Gasteiger partial charge in [-0.25, -0.2) is 4.39 Å². The number of ketones is 1. The molecule has 1 aromatic carbocycles. The van der Waals surface area contributed by atoms with E-state index in [1.165, 1.54) is 24.3 Å². The molecule has 3 aromatic rings. The lowest BCUT2D eigenvalue weighted by atomic mass is 10.1. The van der Waals surface area contributed by atoms with Gasteiger partial charge in [0.25, 0.3) is 0 Å². The Hall–Kier alpha value is -3.09. The maximum atomic E-state index is 13.0. The first-order chi connectivity index (χ1) is 13.1. The molecule has 1 unspecified atom stereocenters. The topological polar surface area (TPSA) is 67.6 Å². The summed E-state index contributed by atoms with van der Waals surface area (Å²) in [6.45, 7) is 0.649. The average molecular weight is 366 g/mol. The number of nitrogens with zero attached hydrogens (tertiary/aromatic N) is 4. The second-order valence-corrected chi connectivity index (χ2v) is 6.66. The van der Waals surface area contributed by atoms with Gasteiger partial charge >= 0.3 is 0 Å². The van der Waals surface area contributed by atoms with Crippen LogP contribution >= 0.6 is 0 Å². The Morgan fingerprint density at radius 2 is 1.89 bits per heavy atom. The Kier molecular flexibility index (Phi) is 4.66. The van der Waals surface area contributed by atoms with Gasteiger partial charge in [0, 0.05) is 31.1 Å². The molecule has 6 nitrogen and oxygen atoms in total. The molecular formula is C20H19FN4O2. The maximum Gasteiger partial charge on any atom is 0.223 e. The number of carbonyl (C=O) groups excluding carboxylic acids is 2. The largest absolute Gasteiger partial charge is 0.332 e. The first-order valence-electron chi connectivity index (χ1n) is 9.01. The standard InChI is InChI=1S/C20H19FN4O2/c21-15-8-6-14(7-9-15)17(26)10-11-19(27)24-13-3-4-16(24)20-23-22-18-5-1-2-12-25(18)20/h1-2,5-9,12,16H,3-4,10-11,13H2. The van der Waals surface area contributed by atoms with Crippen LogP contribution in [0.4, 0.5) is 4.39 Å². The van der Waals surface area contributed by atoms with Gasteiger partial charge < -0.3 is 4.90 Å². The minimum atomic E-state index is -0.386. The van der Waals surface area contributed by atoms with Crippen molar-refractivity contribution in [2.24, 2.45) is 0 Å². The van der Waals surface area contributed by atoms with E-state index in [0.29, 0.717) is 12.1 Å². The molecule has 0 aliphatic carbocycles. The SMILES string of the molecule is O=C(CCC(=O)N1CCCC1c1nnc2ccccn12)c1ccc(F)cc1. The molecule has 0 N–H and O–H groups in total. The molecule has 0 saturated carbocycles. The van der Waals surface area contributed by atoms with Crippen molar-refractivity contribution in [2.75, 3.05) is 6.54 Å². The summed E-state index contributed by atoms with van der Waals surface area (Å²) in [4.78, 5) is 26.8. The molecule has 1 amide bonds. The summed E-state index contributed by atoms with van der Waals surface area (Å²) in [5, 5.41) is 8.45. The van der Waals surface area contributed by atoms with E-state index in [1.807, 2.05) is 28.8 Å². The van der Waals surface area contributed by atoms with Crippen molar-refractivity contribution in [3.63, 3.8) is 0 Å². The summed E-state index contributed by atoms with van der Waals surface area (Å²) in [5.41, 5.74) is 1.17. The number of hydrogen-bond acceptors (Lipinski definition) is 4. The lowest BCUT2D eigenvalue weighted by molar-refractivity contribution is -0.132. The van der Waals surface area contributed by atoms with Crippen LogP contribution < -0.4 is 0 Å². The van der Waals surface area contributed by atoms with Gasteiger partial charge in [-0.1, -0.05) is 6.07 Å². The normalized spacial score (nSPS) is 16.8. The molecule has 1 saturated heterocycles. The van der Waals surface area contributed by atoms with Crippen molar-refractivity contribution in [1.82, 2.24) is 19.5 Å². The predicted molar refractivity (Wildman–Crippen MR) is 96.6 cm³/mol. The smallest absolute Gasteiger partial charge is 0.223 e. The number of benzene rings is 1. The Labute approximate surface area is 155 Å². The quantitative estimate of drug-likeness (QED) is 0.651. The zero-order valence-corrected chi connectivity index (χ0v) is 14.7. The maximum absolute atomic E-state index is 13.0. The van der Waals surface area contributed by atoms with Crippen LogP contribution in [0.5, 0.6) is 0 Å². The molecule has 1 fully saturated rings. The summed E-state index contributed by atoms with van der Waals surface area (Å²) in [7, 11) is 0. The predicted octanol–water partition coefficient (Wildman–Crippen LogP) is 3.20. The van der Waals surface area contributed by atoms with Crippen LogP contribution in [0.3, 0.4) is 0 Å². The van der Waals surface area contributed by atoms with Crippen molar-refractivity contribution in [3.8, 4) is 0 Å². The van der Waals surface area contributed by atoms with E-state index in [0.717, 1.165) is 24.3 Å². The van der Waals surface area contributed by atoms with Crippen molar-refractivity contribution < 1.29 is 14.0 Å². The molecule has 2 aromatic heterocycles. The molecule has 1 aliphatic heterocycles. The molecule has 0 spiro atoms. The fraction of sp³-hybridized carbons (Fsp3) is 0.300. The molecule has 7 heteroatoms. The van der Waals surface area contributed by atoms with Crippen LogP contribution in [-0.4, -0.2) is 37.7 Å². The molecule has 1 atom stereocenters. The molecule has 1 aliphatic rings. The second-order valence-electron chi connectivity index (χ2n) is 6.66. The average Bonchev–Trinajstić information content (AvgIpc) is 3.33. The summed E-state index contributed by atoms with van der Waals surface area (Å²) in [6.07, 6.45) is 3.85. The fourth-order valence-electron chi connectivity index (χ4n) is 3.56. The van der Waals surface area contributed by atoms with Gasteiger partial charge in [0.05, 0.1) is 6.04 Å². The molecule has 0 radical (unpaired) electrons. The second kappa shape index (κ2) is 7.26. The van der Waals surface area contributed by atoms with Gasteiger partial charge in [-0.3, -0.25) is 14.0 Å². The van der Waals surface area contributed by atoms with E-state index in [2.05, 4.69) is 10.2 Å². The van der Waals surface area contributed by atoms with Crippen molar-refractivity contribution in [2.45, 2.75) is 31.7 Å². The lowest BCUT2D eigenvalue weighted by Crippen LogP contribution is -2.31. The summed E-state index contributed by atoms with van der Waals surface area (Å²) >= 11 is 0. The minimum Gasteiger partial charge on any atom is -0.332 e. The third kappa shape index (κ3) is 3.45. The molecular weight excluding hydrogens is 347 g/mol. The Bertz CT molecular complexity index is 983. The minimum absolute atomic E-state index is 0.0688. The van der Waals surface area contributed by atoms with Crippen molar-refractivity contribution in [1.29, 1.82) is 0 Å². The zero-order chi connectivity index (χ0) is 18.8. The lowest BCUT2D eigenvalue weighted by Gasteiger charge is -2.23. The van der Waals surface area contributed by atoms with Crippen molar-refractivity contribution in [3.05, 3.63) is 65.9 Å². The number of rotatable bonds is 5. The molecule has 0 bridgehead atoms. The molecule has 4 rings (SSSR count). The third-order valence-electron chi connectivity index (χ3n) is 4.94. The highest BCUT2D eigenvalue weighted by atomic mass is 19.1. The number of likely N-dealkylation sites (tertiary alicyclic amines) is 1. The van der Waals surface area contributed by atoms with Gasteiger partial charge in [0.15, 0.2) is 17.3 Å². The van der Waals surface area contributed by atoms with E-state index < -0.39 is 0 Å². The molecule has 3 heterocycles. The number of hydrogen-bond donors (Lipinski definition) is 0. The first kappa shape index (κ1) is 17.3. The van der Waals surface area contributed by atoms with E-state index in [-0.39, 0.29) is 36.4 Å².